The zero-order chi connectivity index (χ0) is 23.9. The summed E-state index contributed by atoms with van der Waals surface area (Å²) in [7, 11) is 4.00. The van der Waals surface area contributed by atoms with E-state index in [0.717, 1.165) is 52.6 Å². The summed E-state index contributed by atoms with van der Waals surface area (Å²) >= 11 is 0. The van der Waals surface area contributed by atoms with Gasteiger partial charge in [-0.3, -0.25) is 4.79 Å². The predicted octanol–water partition coefficient (Wildman–Crippen LogP) is 5.10. The van der Waals surface area contributed by atoms with Crippen molar-refractivity contribution in [3.05, 3.63) is 94.6 Å². The van der Waals surface area contributed by atoms with Crippen molar-refractivity contribution in [2.24, 2.45) is 0 Å². The van der Waals surface area contributed by atoms with Crippen LogP contribution >= 0.6 is 0 Å². The third-order valence-electron chi connectivity index (χ3n) is 6.99. The molecular formula is C29H29N3O3. The van der Waals surface area contributed by atoms with Gasteiger partial charge in [0.25, 0.3) is 5.91 Å². The van der Waals surface area contributed by atoms with Gasteiger partial charge in [-0.2, -0.15) is 0 Å². The van der Waals surface area contributed by atoms with Gasteiger partial charge < -0.3 is 24.3 Å². The molecule has 2 aromatic carbocycles. The lowest BCUT2D eigenvalue weighted by molar-refractivity contribution is -0.123. The molecule has 1 N–H and O–H groups in total. The number of para-hydroxylation sites is 1. The van der Waals surface area contributed by atoms with Crippen molar-refractivity contribution in [2.45, 2.75) is 25.3 Å². The van der Waals surface area contributed by atoms with Crippen molar-refractivity contribution >= 4 is 23.4 Å². The average Bonchev–Trinajstić information content (AvgIpc) is 3.59. The Balaban J connectivity index is 1.38. The molecule has 1 unspecified atom stereocenters. The number of carbonyl (C=O) groups is 1. The van der Waals surface area contributed by atoms with Gasteiger partial charge >= 0.3 is 0 Å². The molecule has 3 aromatic rings. The van der Waals surface area contributed by atoms with Gasteiger partial charge in [0, 0.05) is 47.5 Å². The smallest absolute Gasteiger partial charge is 0.251 e. The number of ether oxygens (including phenoxy) is 1. The lowest BCUT2D eigenvalue weighted by atomic mass is 9.88. The Morgan fingerprint density at radius 3 is 2.97 bits per heavy atom. The van der Waals surface area contributed by atoms with Crippen LogP contribution in [0.4, 0.5) is 5.69 Å². The van der Waals surface area contributed by atoms with Crippen LogP contribution in [0.1, 0.15) is 40.4 Å². The van der Waals surface area contributed by atoms with Crippen molar-refractivity contribution in [3.63, 3.8) is 0 Å². The van der Waals surface area contributed by atoms with Crippen molar-refractivity contribution < 1.29 is 13.9 Å². The lowest BCUT2D eigenvalue weighted by Gasteiger charge is -2.34. The molecule has 0 aliphatic carbocycles. The summed E-state index contributed by atoms with van der Waals surface area (Å²) < 4.78 is 11.4. The maximum absolute atomic E-state index is 13.6. The summed E-state index contributed by atoms with van der Waals surface area (Å²) in [5.74, 6) is 2.03. The zero-order valence-corrected chi connectivity index (χ0v) is 20.1. The van der Waals surface area contributed by atoms with Crippen LogP contribution < -0.4 is 10.1 Å². The van der Waals surface area contributed by atoms with Crippen molar-refractivity contribution in [1.82, 2.24) is 9.80 Å². The van der Waals surface area contributed by atoms with Gasteiger partial charge in [0.05, 0.1) is 25.1 Å². The molecule has 1 aromatic heterocycles. The fourth-order valence-electron chi connectivity index (χ4n) is 5.37. The molecular weight excluding hydrogens is 438 g/mol. The van der Waals surface area contributed by atoms with Crippen molar-refractivity contribution in [3.8, 4) is 5.75 Å². The molecule has 3 aliphatic rings. The highest BCUT2D eigenvalue weighted by Crippen LogP contribution is 2.47. The maximum atomic E-state index is 13.6. The monoisotopic (exact) mass is 467 g/mol. The number of amides is 1. The number of carbonyl (C=O) groups excluding carboxylic acids is 1. The largest absolute Gasteiger partial charge is 0.493 e. The summed E-state index contributed by atoms with van der Waals surface area (Å²) in [5.41, 5.74) is 7.68. The zero-order valence-electron chi connectivity index (χ0n) is 20.1. The summed E-state index contributed by atoms with van der Waals surface area (Å²) in [6, 6.07) is 16.7. The van der Waals surface area contributed by atoms with E-state index in [9.17, 15) is 4.79 Å². The molecule has 4 heterocycles. The molecule has 0 fully saturated rings. The molecule has 6 heteroatoms. The molecule has 0 radical (unpaired) electrons. The summed E-state index contributed by atoms with van der Waals surface area (Å²) in [4.78, 5) is 17.6. The van der Waals surface area contributed by atoms with Crippen LogP contribution in [0, 0.1) is 0 Å². The third kappa shape index (κ3) is 3.94. The molecule has 0 saturated carbocycles. The lowest BCUT2D eigenvalue weighted by Crippen LogP contribution is -2.35. The first-order chi connectivity index (χ1) is 17.1. The van der Waals surface area contributed by atoms with Gasteiger partial charge in [0.2, 0.25) is 0 Å². The Labute approximate surface area is 205 Å². The standard InChI is InChI=1S/C29H29N3O3/c1-31(2)18-26-19(12-15-35-26)8-10-27(33)32-14-11-23-22-5-3-4-6-24(22)30-28(23)29(32)21-7-9-25-20(17-21)13-16-34-25/h3-10,12,15,17,23,30H,11,13-14,16,18H2,1-2H3/b10-8+. The molecule has 0 spiro atoms. The molecule has 0 saturated heterocycles. The Kier molecular flexibility index (Phi) is 5.46. The van der Waals surface area contributed by atoms with Gasteiger partial charge in [0.1, 0.15) is 11.5 Å². The van der Waals surface area contributed by atoms with Crippen LogP contribution in [-0.2, 0) is 17.8 Å². The number of hydrogen-bond donors (Lipinski definition) is 1. The maximum Gasteiger partial charge on any atom is 0.251 e. The van der Waals surface area contributed by atoms with Gasteiger partial charge in [0.15, 0.2) is 0 Å². The van der Waals surface area contributed by atoms with Gasteiger partial charge in [-0.15, -0.1) is 0 Å². The van der Waals surface area contributed by atoms with Crippen LogP contribution in [0.15, 0.2) is 71.0 Å². The second-order valence-corrected chi connectivity index (χ2v) is 9.60. The van der Waals surface area contributed by atoms with Gasteiger partial charge in [-0.1, -0.05) is 18.2 Å². The summed E-state index contributed by atoms with van der Waals surface area (Å²) in [6.07, 6.45) is 6.99. The highest BCUT2D eigenvalue weighted by molar-refractivity contribution is 5.99. The Morgan fingerprint density at radius 1 is 1.20 bits per heavy atom. The quantitative estimate of drug-likeness (QED) is 0.529. The summed E-state index contributed by atoms with van der Waals surface area (Å²) in [5, 5.41) is 3.65. The van der Waals surface area contributed by atoms with E-state index in [1.807, 2.05) is 42.1 Å². The SMILES string of the molecule is CN(C)Cc1occc1/C=C/C(=O)N1CCC2C(=C1c1ccc3c(c1)CCO3)Nc1ccccc12. The van der Waals surface area contributed by atoms with Gasteiger partial charge in [-0.25, -0.2) is 0 Å². The first-order valence-electron chi connectivity index (χ1n) is 12.2. The van der Waals surface area contributed by atoms with Crippen LogP contribution in [0.2, 0.25) is 0 Å². The normalized spacial score (nSPS) is 18.5. The van der Waals surface area contributed by atoms with E-state index in [4.69, 9.17) is 9.15 Å². The van der Waals surface area contributed by atoms with Crippen LogP contribution in [-0.4, -0.2) is 43.0 Å². The van der Waals surface area contributed by atoms with Crippen LogP contribution in [0.3, 0.4) is 0 Å². The Hall–Kier alpha value is -3.77. The van der Waals surface area contributed by atoms with E-state index in [0.29, 0.717) is 19.7 Å². The number of hydrogen-bond acceptors (Lipinski definition) is 5. The van der Waals surface area contributed by atoms with E-state index >= 15 is 0 Å². The molecule has 35 heavy (non-hydrogen) atoms. The van der Waals surface area contributed by atoms with Gasteiger partial charge in [-0.05, 0) is 68.1 Å². The van der Waals surface area contributed by atoms with Crippen LogP contribution in [0.25, 0.3) is 11.8 Å². The Bertz CT molecular complexity index is 1350. The fraction of sp³-hybridized carbons (Fsp3) is 0.276. The average molecular weight is 468 g/mol. The number of furan rings is 1. The first-order valence-corrected chi connectivity index (χ1v) is 12.2. The molecule has 3 aliphatic heterocycles. The van der Waals surface area contributed by atoms with Crippen molar-refractivity contribution in [2.75, 3.05) is 32.6 Å². The Morgan fingerprint density at radius 2 is 2.09 bits per heavy atom. The first kappa shape index (κ1) is 21.7. The molecule has 1 atom stereocenters. The number of rotatable bonds is 5. The highest BCUT2D eigenvalue weighted by atomic mass is 16.5. The molecule has 6 rings (SSSR count). The second kappa shape index (κ2) is 8.78. The second-order valence-electron chi connectivity index (χ2n) is 9.60. The van der Waals surface area contributed by atoms with E-state index in [-0.39, 0.29) is 11.8 Å². The van der Waals surface area contributed by atoms with E-state index in [1.54, 1.807) is 12.3 Å². The topological polar surface area (TPSA) is 58.0 Å². The predicted molar refractivity (Wildman–Crippen MR) is 137 cm³/mol. The number of fused-ring (bicyclic) bond motifs is 4. The third-order valence-corrected chi connectivity index (χ3v) is 6.99. The molecule has 0 bridgehead atoms. The highest BCUT2D eigenvalue weighted by Gasteiger charge is 2.37. The van der Waals surface area contributed by atoms with Crippen LogP contribution in [0.5, 0.6) is 5.75 Å². The number of benzene rings is 2. The van der Waals surface area contributed by atoms with E-state index in [1.165, 1.54) is 11.1 Å². The molecule has 1 amide bonds. The van der Waals surface area contributed by atoms with Crippen molar-refractivity contribution in [1.29, 1.82) is 0 Å². The minimum atomic E-state index is -0.0301. The van der Waals surface area contributed by atoms with E-state index < -0.39 is 0 Å². The minimum Gasteiger partial charge on any atom is -0.493 e. The minimum absolute atomic E-state index is 0.0301. The molecule has 178 valence electrons. The summed E-state index contributed by atoms with van der Waals surface area (Å²) in [6.45, 7) is 2.05. The molecule has 6 nitrogen and oxygen atoms in total. The number of nitrogens with zero attached hydrogens (tertiary/aromatic N) is 2. The van der Waals surface area contributed by atoms with E-state index in [2.05, 4.69) is 41.7 Å². The fourth-order valence-corrected chi connectivity index (χ4v) is 5.37. The number of nitrogens with one attached hydrogen (secondary N) is 1. The number of anilines is 1. The number of allylic oxidation sites excluding steroid dienone is 1.